The van der Waals surface area contributed by atoms with Crippen LogP contribution in [0, 0.1) is 17.8 Å². The van der Waals surface area contributed by atoms with Gasteiger partial charge in [-0.25, -0.2) is 0 Å². The first-order chi connectivity index (χ1) is 5.89. The first-order valence-corrected chi connectivity index (χ1v) is 4.34. The van der Waals surface area contributed by atoms with Gasteiger partial charge in [-0.05, 0) is 13.8 Å². The molecule has 0 aromatic rings. The van der Waals surface area contributed by atoms with E-state index in [1.54, 1.807) is 6.92 Å². The molecule has 3 N–H and O–H groups in total. The van der Waals surface area contributed by atoms with Gasteiger partial charge in [0.05, 0.1) is 18.8 Å². The predicted octanol–water partition coefficient (Wildman–Crippen LogP) is -0.0213. The summed E-state index contributed by atoms with van der Waals surface area (Å²) in [6.07, 6.45) is 5.28. The average Bonchev–Trinajstić information content (AvgIpc) is 2.14. The zero-order valence-corrected chi connectivity index (χ0v) is 8.59. The molecule has 0 spiro atoms. The molecule has 3 heteroatoms. The fourth-order valence-electron chi connectivity index (χ4n) is 0.647. The van der Waals surface area contributed by atoms with Crippen LogP contribution in [-0.4, -0.2) is 35.5 Å². The maximum atomic E-state index is 9.00. The third kappa shape index (κ3) is 4.28. The second kappa shape index (κ2) is 4.61. The highest BCUT2D eigenvalue weighted by atomic mass is 16.3. The molecule has 13 heavy (non-hydrogen) atoms. The number of aliphatic hydroxyl groups excluding tert-OH is 2. The molecule has 0 aliphatic carbocycles. The molecule has 0 fully saturated rings. The van der Waals surface area contributed by atoms with Crippen LogP contribution in [-0.2, 0) is 0 Å². The molecule has 0 heterocycles. The molecule has 76 valence electrons. The molecule has 0 aromatic carbocycles. The summed E-state index contributed by atoms with van der Waals surface area (Å²) >= 11 is 0. The molecule has 0 aromatic heterocycles. The van der Waals surface area contributed by atoms with E-state index in [9.17, 15) is 0 Å². The highest BCUT2D eigenvalue weighted by Gasteiger charge is 2.25. The lowest BCUT2D eigenvalue weighted by Gasteiger charge is -2.29. The maximum Gasteiger partial charge on any atom is 0.0741 e. The summed E-state index contributed by atoms with van der Waals surface area (Å²) in [5, 5.41) is 21.1. The van der Waals surface area contributed by atoms with Crippen molar-refractivity contribution in [3.8, 4) is 12.3 Å². The largest absolute Gasteiger partial charge is 0.396 e. The van der Waals surface area contributed by atoms with Crippen LogP contribution >= 0.6 is 0 Å². The lowest BCUT2D eigenvalue weighted by molar-refractivity contribution is 0.0661. The Balaban J connectivity index is 4.09. The van der Waals surface area contributed by atoms with Crippen LogP contribution in [0.25, 0.3) is 0 Å². The van der Waals surface area contributed by atoms with Gasteiger partial charge in [0.25, 0.3) is 0 Å². The monoisotopic (exact) mass is 185 g/mol. The van der Waals surface area contributed by atoms with Crippen molar-refractivity contribution >= 4 is 0 Å². The van der Waals surface area contributed by atoms with Gasteiger partial charge in [0.1, 0.15) is 0 Å². The van der Waals surface area contributed by atoms with Crippen molar-refractivity contribution in [3.05, 3.63) is 0 Å². The first kappa shape index (κ1) is 12.4. The Bertz CT molecular complexity index is 190. The molecular formula is C10H19NO2. The van der Waals surface area contributed by atoms with Gasteiger partial charge in [-0.2, -0.15) is 0 Å². The van der Waals surface area contributed by atoms with Crippen molar-refractivity contribution in [2.45, 2.75) is 26.3 Å². The van der Waals surface area contributed by atoms with E-state index in [4.69, 9.17) is 16.6 Å². The molecule has 0 unspecified atom stereocenters. The van der Waals surface area contributed by atoms with E-state index in [-0.39, 0.29) is 13.2 Å². The number of aliphatic hydroxyl groups is 2. The van der Waals surface area contributed by atoms with Crippen LogP contribution in [0.5, 0.6) is 0 Å². The Kier molecular flexibility index (Phi) is 4.41. The Morgan fingerprint density at radius 2 is 1.69 bits per heavy atom. The number of nitrogens with one attached hydrogen (secondary N) is 1. The minimum absolute atomic E-state index is 0.0584. The SMILES string of the molecule is C#CC(C)(C)NCC(C)(CO)CO. The summed E-state index contributed by atoms with van der Waals surface area (Å²) in [5.74, 6) is 2.59. The second-order valence-corrected chi connectivity index (χ2v) is 4.25. The second-order valence-electron chi connectivity index (χ2n) is 4.25. The van der Waals surface area contributed by atoms with E-state index in [1.165, 1.54) is 0 Å². The first-order valence-electron chi connectivity index (χ1n) is 4.34. The average molecular weight is 185 g/mol. The highest BCUT2D eigenvalue weighted by Crippen LogP contribution is 2.14. The normalized spacial score (nSPS) is 12.6. The molecule has 0 aliphatic rings. The zero-order valence-electron chi connectivity index (χ0n) is 8.59. The third-order valence-electron chi connectivity index (χ3n) is 2.08. The minimum atomic E-state index is -0.506. The van der Waals surface area contributed by atoms with Gasteiger partial charge < -0.3 is 15.5 Å². The zero-order chi connectivity index (χ0) is 10.5. The molecule has 0 saturated heterocycles. The van der Waals surface area contributed by atoms with Crippen molar-refractivity contribution in [1.82, 2.24) is 5.32 Å². The Labute approximate surface area is 80.2 Å². The van der Waals surface area contributed by atoms with Crippen molar-refractivity contribution in [2.75, 3.05) is 19.8 Å². The standard InChI is InChI=1S/C10H19NO2/c1-5-9(2,3)11-6-10(4,7-12)8-13/h1,11-13H,6-8H2,2-4H3. The van der Waals surface area contributed by atoms with Crippen LogP contribution in [0.2, 0.25) is 0 Å². The highest BCUT2D eigenvalue weighted by molar-refractivity contribution is 5.07. The van der Waals surface area contributed by atoms with Crippen LogP contribution in [0.3, 0.4) is 0 Å². The summed E-state index contributed by atoms with van der Waals surface area (Å²) < 4.78 is 0. The molecule has 0 aliphatic heterocycles. The van der Waals surface area contributed by atoms with E-state index in [1.807, 2.05) is 13.8 Å². The summed E-state index contributed by atoms with van der Waals surface area (Å²) in [7, 11) is 0. The van der Waals surface area contributed by atoms with E-state index >= 15 is 0 Å². The van der Waals surface area contributed by atoms with Crippen molar-refractivity contribution in [1.29, 1.82) is 0 Å². The van der Waals surface area contributed by atoms with E-state index in [2.05, 4.69) is 11.2 Å². The topological polar surface area (TPSA) is 52.5 Å². The van der Waals surface area contributed by atoms with Gasteiger partial charge in [0.2, 0.25) is 0 Å². The number of hydrogen-bond donors (Lipinski definition) is 3. The lowest BCUT2D eigenvalue weighted by atomic mass is 9.91. The van der Waals surface area contributed by atoms with Crippen molar-refractivity contribution in [2.24, 2.45) is 5.41 Å². The van der Waals surface area contributed by atoms with Gasteiger partial charge in [-0.3, -0.25) is 0 Å². The lowest BCUT2D eigenvalue weighted by Crippen LogP contribution is -2.46. The molecule has 0 rings (SSSR count). The molecule has 0 bridgehead atoms. The maximum absolute atomic E-state index is 9.00. The molecule has 0 radical (unpaired) electrons. The summed E-state index contributed by atoms with van der Waals surface area (Å²) in [4.78, 5) is 0. The molecular weight excluding hydrogens is 166 g/mol. The third-order valence-corrected chi connectivity index (χ3v) is 2.08. The quantitative estimate of drug-likeness (QED) is 0.528. The molecule has 0 atom stereocenters. The van der Waals surface area contributed by atoms with Gasteiger partial charge in [0, 0.05) is 12.0 Å². The molecule has 0 saturated carbocycles. The van der Waals surface area contributed by atoms with Gasteiger partial charge in [0.15, 0.2) is 0 Å². The fraction of sp³-hybridized carbons (Fsp3) is 0.800. The number of rotatable bonds is 5. The van der Waals surface area contributed by atoms with E-state index in [0.29, 0.717) is 6.54 Å². The smallest absolute Gasteiger partial charge is 0.0741 e. The van der Waals surface area contributed by atoms with Crippen LogP contribution in [0.1, 0.15) is 20.8 Å². The Morgan fingerprint density at radius 1 is 1.23 bits per heavy atom. The van der Waals surface area contributed by atoms with Crippen molar-refractivity contribution in [3.63, 3.8) is 0 Å². The number of hydrogen-bond acceptors (Lipinski definition) is 3. The number of terminal acetylenes is 1. The summed E-state index contributed by atoms with van der Waals surface area (Å²) in [5.41, 5.74) is -0.903. The van der Waals surface area contributed by atoms with Crippen LogP contribution in [0.15, 0.2) is 0 Å². The molecule has 3 nitrogen and oxygen atoms in total. The fourth-order valence-corrected chi connectivity index (χ4v) is 0.647. The minimum Gasteiger partial charge on any atom is -0.396 e. The van der Waals surface area contributed by atoms with Gasteiger partial charge >= 0.3 is 0 Å². The van der Waals surface area contributed by atoms with Crippen molar-refractivity contribution < 1.29 is 10.2 Å². The van der Waals surface area contributed by atoms with Gasteiger partial charge in [-0.15, -0.1) is 6.42 Å². The molecule has 0 amide bonds. The predicted molar refractivity (Wildman–Crippen MR) is 53.2 cm³/mol. The summed E-state index contributed by atoms with van der Waals surface area (Å²) in [6, 6.07) is 0. The summed E-state index contributed by atoms with van der Waals surface area (Å²) in [6.45, 7) is 5.93. The van der Waals surface area contributed by atoms with Crippen LogP contribution < -0.4 is 5.32 Å². The Hall–Kier alpha value is -0.560. The van der Waals surface area contributed by atoms with Gasteiger partial charge in [-0.1, -0.05) is 12.8 Å². The van der Waals surface area contributed by atoms with E-state index in [0.717, 1.165) is 0 Å². The van der Waals surface area contributed by atoms with Crippen LogP contribution in [0.4, 0.5) is 0 Å². The van der Waals surface area contributed by atoms with E-state index < -0.39 is 11.0 Å². The Morgan fingerprint density at radius 3 is 2.00 bits per heavy atom.